The van der Waals surface area contributed by atoms with Crippen LogP contribution in [0.25, 0.3) is 4.85 Å². The molecule has 0 bridgehead atoms. The summed E-state index contributed by atoms with van der Waals surface area (Å²) in [7, 11) is 0. The third kappa shape index (κ3) is 3.73. The molecule has 1 aliphatic heterocycles. The molecule has 0 unspecified atom stereocenters. The molecule has 0 radical (unpaired) electrons. The van der Waals surface area contributed by atoms with Crippen LogP contribution in [0.3, 0.4) is 0 Å². The summed E-state index contributed by atoms with van der Waals surface area (Å²) < 4.78 is 5.34. The number of rotatable bonds is 1. The molecule has 1 fully saturated rings. The number of carbonyl (C=O) groups excluding carboxylic acids is 1. The van der Waals surface area contributed by atoms with Crippen molar-refractivity contribution >= 4 is 6.09 Å². The summed E-state index contributed by atoms with van der Waals surface area (Å²) in [5.74, 6) is 0. The first-order chi connectivity index (χ1) is 7.44. The summed E-state index contributed by atoms with van der Waals surface area (Å²) in [6, 6.07) is 0.0427. The van der Waals surface area contributed by atoms with E-state index < -0.39 is 5.60 Å². The van der Waals surface area contributed by atoms with Crippen LogP contribution in [-0.2, 0) is 4.74 Å². The van der Waals surface area contributed by atoms with Crippen molar-refractivity contribution in [1.29, 1.82) is 0 Å². The number of likely N-dealkylation sites (tertiary alicyclic amines) is 1. The van der Waals surface area contributed by atoms with E-state index >= 15 is 0 Å². The molecular weight excluding hydrogens is 204 g/mol. The zero-order valence-electron chi connectivity index (χ0n) is 10.3. The van der Waals surface area contributed by atoms with E-state index in [4.69, 9.17) is 11.3 Å². The molecule has 1 heterocycles. The Morgan fingerprint density at radius 3 is 2.75 bits per heavy atom. The normalized spacial score (nSPS) is 21.4. The molecule has 0 aromatic carbocycles. The van der Waals surface area contributed by atoms with Gasteiger partial charge < -0.3 is 9.58 Å². The fourth-order valence-electron chi connectivity index (χ4n) is 1.86. The van der Waals surface area contributed by atoms with Crippen molar-refractivity contribution < 1.29 is 9.53 Å². The van der Waals surface area contributed by atoms with Crippen molar-refractivity contribution in [3.63, 3.8) is 0 Å². The molecule has 90 valence electrons. The molecule has 4 heteroatoms. The number of amides is 1. The molecule has 0 aromatic heterocycles. The van der Waals surface area contributed by atoms with Crippen LogP contribution >= 0.6 is 0 Å². The van der Waals surface area contributed by atoms with Crippen molar-refractivity contribution in [3.8, 4) is 0 Å². The summed E-state index contributed by atoms with van der Waals surface area (Å²) in [5, 5.41) is 0. The van der Waals surface area contributed by atoms with Crippen LogP contribution < -0.4 is 0 Å². The molecule has 0 saturated carbocycles. The molecule has 1 amide bonds. The summed E-state index contributed by atoms with van der Waals surface area (Å²) in [5.41, 5.74) is -0.461. The van der Waals surface area contributed by atoms with Gasteiger partial charge in [-0.3, -0.25) is 4.90 Å². The van der Waals surface area contributed by atoms with Gasteiger partial charge in [-0.05, 0) is 40.0 Å². The highest BCUT2D eigenvalue weighted by molar-refractivity contribution is 5.68. The Bertz CT molecular complexity index is 288. The van der Waals surface area contributed by atoms with Gasteiger partial charge in [0.2, 0.25) is 6.54 Å². The maximum absolute atomic E-state index is 11.9. The second kappa shape index (κ2) is 5.20. The predicted molar refractivity (Wildman–Crippen MR) is 62.0 cm³/mol. The molecular formula is C12H20N2O2. The maximum atomic E-state index is 11.9. The number of nitrogens with zero attached hydrogens (tertiary/aromatic N) is 2. The van der Waals surface area contributed by atoms with Crippen LogP contribution in [0.15, 0.2) is 0 Å². The first kappa shape index (κ1) is 12.8. The van der Waals surface area contributed by atoms with Crippen LogP contribution in [-0.4, -0.2) is 35.7 Å². The lowest BCUT2D eigenvalue weighted by atomic mass is 10.0. The monoisotopic (exact) mass is 224 g/mol. The minimum absolute atomic E-state index is 0.0427. The summed E-state index contributed by atoms with van der Waals surface area (Å²) in [4.78, 5) is 17.0. The van der Waals surface area contributed by atoms with Crippen LogP contribution in [0.1, 0.15) is 40.0 Å². The molecule has 1 saturated heterocycles. The summed E-state index contributed by atoms with van der Waals surface area (Å²) in [6.07, 6.45) is 2.75. The van der Waals surface area contributed by atoms with Gasteiger partial charge in [-0.15, -0.1) is 0 Å². The standard InChI is InChI=1S/C12H20N2O2/c1-12(2,3)16-11(15)14-8-6-5-7-10(14)9-13-4/h10H,5-9H2,1-3H3/t10-/m1/s1. The average Bonchev–Trinajstić information content (AvgIpc) is 2.16. The predicted octanol–water partition coefficient (Wildman–Crippen LogP) is 2.70. The number of hydrogen-bond donors (Lipinski definition) is 0. The molecule has 1 rings (SSSR count). The Balaban J connectivity index is 2.61. The highest BCUT2D eigenvalue weighted by Gasteiger charge is 2.31. The van der Waals surface area contributed by atoms with Gasteiger partial charge >= 0.3 is 6.09 Å². The average molecular weight is 224 g/mol. The number of hydrogen-bond acceptors (Lipinski definition) is 2. The van der Waals surface area contributed by atoms with Crippen LogP contribution in [0, 0.1) is 6.57 Å². The Morgan fingerprint density at radius 1 is 1.50 bits per heavy atom. The Hall–Kier alpha value is -1.24. The fraction of sp³-hybridized carbons (Fsp3) is 0.833. The Kier molecular flexibility index (Phi) is 4.17. The van der Waals surface area contributed by atoms with E-state index in [2.05, 4.69) is 4.85 Å². The first-order valence-electron chi connectivity index (χ1n) is 5.77. The number of piperidine rings is 1. The van der Waals surface area contributed by atoms with Gasteiger partial charge in [-0.25, -0.2) is 11.4 Å². The molecule has 0 aliphatic carbocycles. The third-order valence-electron chi connectivity index (χ3n) is 2.56. The molecule has 1 atom stereocenters. The van der Waals surface area contributed by atoms with E-state index in [-0.39, 0.29) is 12.1 Å². The van der Waals surface area contributed by atoms with Crippen molar-refractivity contribution in [2.45, 2.75) is 51.7 Å². The second-order valence-electron chi connectivity index (χ2n) is 5.16. The van der Waals surface area contributed by atoms with Crippen LogP contribution in [0.5, 0.6) is 0 Å². The number of ether oxygens (including phenoxy) is 1. The highest BCUT2D eigenvalue weighted by Crippen LogP contribution is 2.20. The maximum Gasteiger partial charge on any atom is 0.410 e. The van der Waals surface area contributed by atoms with E-state index in [0.717, 1.165) is 25.8 Å². The van der Waals surface area contributed by atoms with Crippen LogP contribution in [0.4, 0.5) is 4.79 Å². The lowest BCUT2D eigenvalue weighted by Crippen LogP contribution is -2.47. The van der Waals surface area contributed by atoms with Gasteiger partial charge in [0.15, 0.2) is 0 Å². The third-order valence-corrected chi connectivity index (χ3v) is 2.56. The van der Waals surface area contributed by atoms with E-state index in [1.807, 2.05) is 20.8 Å². The highest BCUT2D eigenvalue weighted by atomic mass is 16.6. The van der Waals surface area contributed by atoms with E-state index in [1.54, 1.807) is 4.90 Å². The van der Waals surface area contributed by atoms with Gasteiger partial charge in [0.05, 0.1) is 0 Å². The molecule has 0 spiro atoms. The lowest BCUT2D eigenvalue weighted by Gasteiger charge is -2.34. The summed E-state index contributed by atoms with van der Waals surface area (Å²) in [6.45, 7) is 13.6. The summed E-state index contributed by atoms with van der Waals surface area (Å²) >= 11 is 0. The largest absolute Gasteiger partial charge is 0.444 e. The van der Waals surface area contributed by atoms with Gasteiger partial charge in [0.1, 0.15) is 11.6 Å². The van der Waals surface area contributed by atoms with Gasteiger partial charge in [-0.1, -0.05) is 0 Å². The molecule has 0 N–H and O–H groups in total. The molecule has 4 nitrogen and oxygen atoms in total. The minimum atomic E-state index is -0.461. The van der Waals surface area contributed by atoms with Gasteiger partial charge in [0, 0.05) is 6.54 Å². The Morgan fingerprint density at radius 2 is 2.19 bits per heavy atom. The van der Waals surface area contributed by atoms with E-state index in [1.165, 1.54) is 0 Å². The smallest absolute Gasteiger partial charge is 0.410 e. The van der Waals surface area contributed by atoms with Crippen LogP contribution in [0.2, 0.25) is 0 Å². The zero-order valence-corrected chi connectivity index (χ0v) is 10.3. The van der Waals surface area contributed by atoms with Gasteiger partial charge in [-0.2, -0.15) is 0 Å². The number of carbonyl (C=O) groups is 1. The van der Waals surface area contributed by atoms with E-state index in [0.29, 0.717) is 6.54 Å². The van der Waals surface area contributed by atoms with E-state index in [9.17, 15) is 4.79 Å². The minimum Gasteiger partial charge on any atom is -0.444 e. The van der Waals surface area contributed by atoms with Crippen molar-refractivity contribution in [2.24, 2.45) is 0 Å². The Labute approximate surface area is 97.4 Å². The fourth-order valence-corrected chi connectivity index (χ4v) is 1.86. The van der Waals surface area contributed by atoms with Gasteiger partial charge in [0.25, 0.3) is 0 Å². The molecule has 16 heavy (non-hydrogen) atoms. The molecule has 1 aliphatic rings. The first-order valence-corrected chi connectivity index (χ1v) is 5.77. The topological polar surface area (TPSA) is 33.9 Å². The second-order valence-corrected chi connectivity index (χ2v) is 5.16. The van der Waals surface area contributed by atoms with Crippen molar-refractivity contribution in [3.05, 3.63) is 11.4 Å². The quantitative estimate of drug-likeness (QED) is 0.642. The SMILES string of the molecule is [C-]#[N+]C[C@H]1CCCCN1C(=O)OC(C)(C)C. The van der Waals surface area contributed by atoms with Crippen molar-refractivity contribution in [2.75, 3.05) is 13.1 Å². The zero-order chi connectivity index (χ0) is 12.2. The lowest BCUT2D eigenvalue weighted by molar-refractivity contribution is 0.0117. The van der Waals surface area contributed by atoms with Crippen molar-refractivity contribution in [1.82, 2.24) is 4.90 Å². The molecule has 0 aromatic rings.